The van der Waals surface area contributed by atoms with Crippen molar-refractivity contribution in [3.8, 4) is 5.75 Å². The first-order valence-electron chi connectivity index (χ1n) is 8.92. The molecule has 25 heavy (non-hydrogen) atoms. The van der Waals surface area contributed by atoms with Crippen LogP contribution in [0.2, 0.25) is 0 Å². The van der Waals surface area contributed by atoms with Gasteiger partial charge in [0.25, 0.3) is 0 Å². The Morgan fingerprint density at radius 1 is 1.36 bits per heavy atom. The fourth-order valence-electron chi connectivity index (χ4n) is 3.87. The van der Waals surface area contributed by atoms with E-state index >= 15 is 0 Å². The molecule has 134 valence electrons. The Labute approximate surface area is 148 Å². The number of hydrogen-bond acceptors (Lipinski definition) is 4. The second-order valence-corrected chi connectivity index (χ2v) is 6.80. The maximum atomic E-state index is 13.1. The summed E-state index contributed by atoms with van der Waals surface area (Å²) in [6.45, 7) is 6.66. The minimum absolute atomic E-state index is 0.0797. The predicted octanol–water partition coefficient (Wildman–Crippen LogP) is 4.16. The molecule has 1 amide bonds. The normalized spacial score (nSPS) is 15.4. The number of amides is 1. The molecule has 3 rings (SSSR count). The van der Waals surface area contributed by atoms with E-state index in [4.69, 9.17) is 9.26 Å². The van der Waals surface area contributed by atoms with Crippen molar-refractivity contribution in [2.45, 2.75) is 52.4 Å². The van der Waals surface area contributed by atoms with Crippen molar-refractivity contribution in [1.82, 2.24) is 5.16 Å². The lowest BCUT2D eigenvalue weighted by Crippen LogP contribution is -2.32. The predicted molar refractivity (Wildman–Crippen MR) is 97.3 cm³/mol. The molecule has 0 radical (unpaired) electrons. The van der Waals surface area contributed by atoms with Crippen LogP contribution in [0.4, 0.5) is 5.69 Å². The van der Waals surface area contributed by atoms with E-state index in [-0.39, 0.29) is 11.8 Å². The first-order valence-corrected chi connectivity index (χ1v) is 8.92. The van der Waals surface area contributed by atoms with Gasteiger partial charge in [0.1, 0.15) is 11.5 Å². The maximum Gasteiger partial charge on any atom is 0.227 e. The molecule has 5 nitrogen and oxygen atoms in total. The Bertz CT molecular complexity index is 747. The summed E-state index contributed by atoms with van der Waals surface area (Å²) < 4.78 is 10.8. The van der Waals surface area contributed by atoms with Crippen LogP contribution in [0.1, 0.15) is 54.7 Å². The van der Waals surface area contributed by atoms with Gasteiger partial charge < -0.3 is 14.2 Å². The molecule has 5 heteroatoms. The van der Waals surface area contributed by atoms with Crippen LogP contribution in [0.25, 0.3) is 0 Å². The molecule has 1 aromatic carbocycles. The van der Waals surface area contributed by atoms with Gasteiger partial charge in [-0.1, -0.05) is 18.1 Å². The molecule has 2 aromatic rings. The Hall–Kier alpha value is -2.30. The lowest BCUT2D eigenvalue weighted by molar-refractivity contribution is -0.118. The van der Waals surface area contributed by atoms with Crippen LogP contribution >= 0.6 is 0 Å². The second-order valence-electron chi connectivity index (χ2n) is 6.80. The summed E-state index contributed by atoms with van der Waals surface area (Å²) in [5.74, 6) is 1.90. The van der Waals surface area contributed by atoms with Crippen molar-refractivity contribution >= 4 is 11.6 Å². The smallest absolute Gasteiger partial charge is 0.227 e. The number of benzene rings is 1. The highest BCUT2D eigenvalue weighted by Crippen LogP contribution is 2.35. The van der Waals surface area contributed by atoms with Gasteiger partial charge in [0.2, 0.25) is 5.91 Å². The van der Waals surface area contributed by atoms with Crippen molar-refractivity contribution < 1.29 is 14.1 Å². The third-order valence-electron chi connectivity index (χ3n) is 5.04. The summed E-state index contributed by atoms with van der Waals surface area (Å²) in [6, 6.07) is 5.96. The molecule has 2 heterocycles. The number of fused-ring (bicyclic) bond motifs is 1. The summed E-state index contributed by atoms with van der Waals surface area (Å²) in [6.07, 6.45) is 3.46. The quantitative estimate of drug-likeness (QED) is 0.837. The SMILES string of the molecule is COc1cccc2c1CCCCN2C(=O)C[C@H](C)c1c(C)noc1C. The standard InChI is InChI=1S/C20H26N2O3/c1-13(20-14(2)21-25-15(20)3)12-19(23)22-11-6-5-8-16-17(22)9-7-10-18(16)24-4/h7,9-10,13H,5-6,8,11-12H2,1-4H3/t13-/m0/s1. The summed E-state index contributed by atoms with van der Waals surface area (Å²) in [5, 5.41) is 4.01. The number of anilines is 1. The molecule has 1 atom stereocenters. The third kappa shape index (κ3) is 3.41. The molecule has 0 aliphatic carbocycles. The zero-order valence-electron chi connectivity index (χ0n) is 15.5. The van der Waals surface area contributed by atoms with E-state index in [2.05, 4.69) is 12.1 Å². The number of rotatable bonds is 4. The first-order chi connectivity index (χ1) is 12.0. The number of nitrogens with zero attached hydrogens (tertiary/aromatic N) is 2. The van der Waals surface area contributed by atoms with Crippen LogP contribution < -0.4 is 9.64 Å². The largest absolute Gasteiger partial charge is 0.496 e. The van der Waals surface area contributed by atoms with Gasteiger partial charge in [0.05, 0.1) is 18.5 Å². The van der Waals surface area contributed by atoms with Crippen molar-refractivity contribution in [2.24, 2.45) is 0 Å². The summed E-state index contributed by atoms with van der Waals surface area (Å²) in [5.41, 5.74) is 4.05. The van der Waals surface area contributed by atoms with E-state index in [1.807, 2.05) is 36.9 Å². The van der Waals surface area contributed by atoms with Gasteiger partial charge in [-0.25, -0.2) is 0 Å². The van der Waals surface area contributed by atoms with Crippen LogP contribution in [-0.4, -0.2) is 24.7 Å². The lowest BCUT2D eigenvalue weighted by atomic mass is 9.95. The van der Waals surface area contributed by atoms with Crippen molar-refractivity contribution in [1.29, 1.82) is 0 Å². The van der Waals surface area contributed by atoms with Crippen LogP contribution in [-0.2, 0) is 11.2 Å². The Kier molecular flexibility index (Phi) is 5.11. The fraction of sp³-hybridized carbons (Fsp3) is 0.500. The van der Waals surface area contributed by atoms with E-state index in [0.29, 0.717) is 6.42 Å². The van der Waals surface area contributed by atoms with Gasteiger partial charge in [0, 0.05) is 24.1 Å². The molecule has 0 saturated carbocycles. The fourth-order valence-corrected chi connectivity index (χ4v) is 3.87. The number of methoxy groups -OCH3 is 1. The molecule has 0 unspecified atom stereocenters. The molecule has 0 fully saturated rings. The van der Waals surface area contributed by atoms with Gasteiger partial charge in [-0.15, -0.1) is 0 Å². The highest BCUT2D eigenvalue weighted by molar-refractivity contribution is 5.95. The minimum atomic E-state index is 0.0797. The maximum absolute atomic E-state index is 13.1. The highest BCUT2D eigenvalue weighted by Gasteiger charge is 2.26. The summed E-state index contributed by atoms with van der Waals surface area (Å²) in [7, 11) is 1.69. The number of hydrogen-bond donors (Lipinski definition) is 0. The van der Waals surface area contributed by atoms with E-state index < -0.39 is 0 Å². The summed E-state index contributed by atoms with van der Waals surface area (Å²) in [4.78, 5) is 15.0. The van der Waals surface area contributed by atoms with E-state index in [9.17, 15) is 4.79 Å². The number of carbonyl (C=O) groups excluding carboxylic acids is 1. The monoisotopic (exact) mass is 342 g/mol. The Morgan fingerprint density at radius 2 is 2.16 bits per heavy atom. The van der Waals surface area contributed by atoms with Crippen LogP contribution in [0.5, 0.6) is 5.75 Å². The van der Waals surface area contributed by atoms with Crippen molar-refractivity contribution in [3.63, 3.8) is 0 Å². The minimum Gasteiger partial charge on any atom is -0.496 e. The number of ether oxygens (including phenoxy) is 1. The average molecular weight is 342 g/mol. The zero-order chi connectivity index (χ0) is 18.0. The topological polar surface area (TPSA) is 55.6 Å². The van der Waals surface area contributed by atoms with Crippen LogP contribution in [0.3, 0.4) is 0 Å². The van der Waals surface area contributed by atoms with Gasteiger partial charge in [-0.05, 0) is 51.2 Å². The third-order valence-corrected chi connectivity index (χ3v) is 5.04. The van der Waals surface area contributed by atoms with Crippen LogP contribution in [0, 0.1) is 13.8 Å². The molecule has 0 spiro atoms. The molecule has 0 bridgehead atoms. The molecule has 1 aliphatic heterocycles. The molecule has 1 aliphatic rings. The molecule has 1 aromatic heterocycles. The van der Waals surface area contributed by atoms with E-state index in [1.54, 1.807) is 7.11 Å². The first kappa shape index (κ1) is 17.5. The summed E-state index contributed by atoms with van der Waals surface area (Å²) >= 11 is 0. The molecule has 0 saturated heterocycles. The number of carbonyl (C=O) groups is 1. The number of aromatic nitrogens is 1. The Balaban J connectivity index is 1.85. The highest BCUT2D eigenvalue weighted by atomic mass is 16.5. The van der Waals surface area contributed by atoms with E-state index in [1.165, 1.54) is 0 Å². The lowest BCUT2D eigenvalue weighted by Gasteiger charge is -2.25. The molecule has 0 N–H and O–H groups in total. The van der Waals surface area contributed by atoms with Crippen molar-refractivity contribution in [2.75, 3.05) is 18.6 Å². The van der Waals surface area contributed by atoms with Gasteiger partial charge in [-0.3, -0.25) is 4.79 Å². The van der Waals surface area contributed by atoms with Gasteiger partial charge in [-0.2, -0.15) is 0 Å². The second kappa shape index (κ2) is 7.30. The Morgan fingerprint density at radius 3 is 2.84 bits per heavy atom. The molecular weight excluding hydrogens is 316 g/mol. The zero-order valence-corrected chi connectivity index (χ0v) is 15.5. The van der Waals surface area contributed by atoms with Gasteiger partial charge >= 0.3 is 0 Å². The van der Waals surface area contributed by atoms with E-state index in [0.717, 1.165) is 59.8 Å². The number of aryl methyl sites for hydroxylation is 2. The van der Waals surface area contributed by atoms with Crippen molar-refractivity contribution in [3.05, 3.63) is 40.8 Å². The molecular formula is C20H26N2O3. The van der Waals surface area contributed by atoms with Gasteiger partial charge in [0.15, 0.2) is 0 Å². The average Bonchev–Trinajstić information content (AvgIpc) is 2.81. The van der Waals surface area contributed by atoms with Crippen LogP contribution in [0.15, 0.2) is 22.7 Å².